The van der Waals surface area contributed by atoms with Gasteiger partial charge in [0.05, 0.1) is 17.0 Å². The Bertz CT molecular complexity index is 937. The van der Waals surface area contributed by atoms with Gasteiger partial charge in [-0.2, -0.15) is 0 Å². The minimum Gasteiger partial charge on any atom is -0.326 e. The fourth-order valence-electron chi connectivity index (χ4n) is 3.23. The quantitative estimate of drug-likeness (QED) is 0.825. The van der Waals surface area contributed by atoms with E-state index in [1.54, 1.807) is 12.1 Å². The molecule has 3 rings (SSSR count). The Morgan fingerprint density at radius 2 is 1.62 bits per heavy atom. The van der Waals surface area contributed by atoms with E-state index in [0.717, 1.165) is 11.1 Å². The molecule has 1 heterocycles. The van der Waals surface area contributed by atoms with Gasteiger partial charge in [-0.15, -0.1) is 0 Å². The summed E-state index contributed by atoms with van der Waals surface area (Å²) in [7, 11) is -3.75. The molecule has 2 aromatic carbocycles. The highest BCUT2D eigenvalue weighted by Crippen LogP contribution is 2.34. The van der Waals surface area contributed by atoms with Crippen LogP contribution in [-0.4, -0.2) is 14.3 Å². The molecule has 0 radical (unpaired) electrons. The third kappa shape index (κ3) is 3.46. The molecule has 5 nitrogen and oxygen atoms in total. The summed E-state index contributed by atoms with van der Waals surface area (Å²) in [6, 6.07) is 10.6. The zero-order chi connectivity index (χ0) is 19.1. The Morgan fingerprint density at radius 1 is 1.00 bits per heavy atom. The smallest absolute Gasteiger partial charge is 0.261 e. The van der Waals surface area contributed by atoms with Gasteiger partial charge in [0.2, 0.25) is 5.91 Å². The Kier molecular flexibility index (Phi) is 4.80. The number of para-hydroxylation sites is 1. The molecular weight excluding hydrogens is 348 g/mol. The maximum Gasteiger partial charge on any atom is 0.261 e. The molecule has 6 heteroatoms. The summed E-state index contributed by atoms with van der Waals surface area (Å²) >= 11 is 0. The lowest BCUT2D eigenvalue weighted by molar-refractivity contribution is -0.115. The second kappa shape index (κ2) is 6.76. The summed E-state index contributed by atoms with van der Waals surface area (Å²) in [5.41, 5.74) is 3.99. The number of sulfonamides is 1. The molecule has 0 unspecified atom stereocenters. The maximum atomic E-state index is 13.0. The van der Waals surface area contributed by atoms with E-state index in [9.17, 15) is 13.2 Å². The summed E-state index contributed by atoms with van der Waals surface area (Å²) in [6.07, 6.45) is 0.207. The van der Waals surface area contributed by atoms with Crippen LogP contribution in [0.2, 0.25) is 0 Å². The van der Waals surface area contributed by atoms with E-state index >= 15 is 0 Å². The standard InChI is InChI=1S/C20H24N2O3S/c1-12(2)16-6-5-7-17(13(3)4)20(16)22-26(24,25)15-8-9-18-14(10-15)11-19(23)21-18/h5-10,12-13,22H,11H2,1-4H3,(H,21,23). The fourth-order valence-corrected chi connectivity index (χ4v) is 4.40. The molecule has 0 spiro atoms. The second-order valence-corrected chi connectivity index (χ2v) is 8.95. The Balaban J connectivity index is 2.03. The zero-order valence-electron chi connectivity index (χ0n) is 15.5. The third-order valence-electron chi connectivity index (χ3n) is 4.62. The van der Waals surface area contributed by atoms with Gasteiger partial charge in [-0.25, -0.2) is 8.42 Å². The Hall–Kier alpha value is -2.34. The number of carbonyl (C=O) groups excluding carboxylic acids is 1. The van der Waals surface area contributed by atoms with Crippen LogP contribution in [0.25, 0.3) is 0 Å². The molecule has 0 aromatic heterocycles. The number of fused-ring (bicyclic) bond motifs is 1. The lowest BCUT2D eigenvalue weighted by Gasteiger charge is -2.21. The van der Waals surface area contributed by atoms with E-state index in [-0.39, 0.29) is 29.1 Å². The fraction of sp³-hybridized carbons (Fsp3) is 0.350. The van der Waals surface area contributed by atoms with Gasteiger partial charge in [-0.3, -0.25) is 9.52 Å². The number of nitrogens with one attached hydrogen (secondary N) is 2. The van der Waals surface area contributed by atoms with Gasteiger partial charge in [0.15, 0.2) is 0 Å². The lowest BCUT2D eigenvalue weighted by Crippen LogP contribution is -2.16. The number of anilines is 2. The van der Waals surface area contributed by atoms with E-state index in [1.165, 1.54) is 6.07 Å². The van der Waals surface area contributed by atoms with Crippen LogP contribution in [0, 0.1) is 0 Å². The highest BCUT2D eigenvalue weighted by Gasteiger charge is 2.24. The van der Waals surface area contributed by atoms with E-state index in [4.69, 9.17) is 0 Å². The zero-order valence-corrected chi connectivity index (χ0v) is 16.3. The normalized spacial score (nSPS) is 13.8. The van der Waals surface area contributed by atoms with Crippen molar-refractivity contribution in [3.63, 3.8) is 0 Å². The molecule has 0 fully saturated rings. The molecule has 0 saturated heterocycles. The monoisotopic (exact) mass is 372 g/mol. The first-order valence-corrected chi connectivity index (χ1v) is 10.3. The number of hydrogen-bond donors (Lipinski definition) is 2. The minimum atomic E-state index is -3.75. The predicted octanol–water partition coefficient (Wildman–Crippen LogP) is 4.23. The molecule has 138 valence electrons. The SMILES string of the molecule is CC(C)c1cccc(C(C)C)c1NS(=O)(=O)c1ccc2c(c1)CC(=O)N2. The van der Waals surface area contributed by atoms with Crippen LogP contribution >= 0.6 is 0 Å². The highest BCUT2D eigenvalue weighted by molar-refractivity contribution is 7.92. The lowest BCUT2D eigenvalue weighted by atomic mass is 9.93. The van der Waals surface area contributed by atoms with Gasteiger partial charge in [0.25, 0.3) is 10.0 Å². The molecule has 1 aliphatic heterocycles. The first kappa shape index (κ1) is 18.5. The third-order valence-corrected chi connectivity index (χ3v) is 5.97. The summed E-state index contributed by atoms with van der Waals surface area (Å²) in [5.74, 6) is 0.260. The van der Waals surface area contributed by atoms with Gasteiger partial charge in [0.1, 0.15) is 0 Å². The summed E-state index contributed by atoms with van der Waals surface area (Å²) < 4.78 is 28.8. The summed E-state index contributed by atoms with van der Waals surface area (Å²) in [4.78, 5) is 11.7. The van der Waals surface area contributed by atoms with E-state index in [0.29, 0.717) is 16.9 Å². The van der Waals surface area contributed by atoms with Gasteiger partial charge in [-0.05, 0) is 46.7 Å². The van der Waals surface area contributed by atoms with Crippen molar-refractivity contribution in [2.24, 2.45) is 0 Å². The minimum absolute atomic E-state index is 0.116. The van der Waals surface area contributed by atoms with Crippen molar-refractivity contribution in [1.29, 1.82) is 0 Å². The summed E-state index contributed by atoms with van der Waals surface area (Å²) in [6.45, 7) is 8.18. The number of carbonyl (C=O) groups is 1. The van der Waals surface area contributed by atoms with Gasteiger partial charge < -0.3 is 5.32 Å². The van der Waals surface area contributed by atoms with Crippen LogP contribution < -0.4 is 10.0 Å². The first-order chi connectivity index (χ1) is 12.2. The van der Waals surface area contributed by atoms with E-state index in [2.05, 4.69) is 10.0 Å². The van der Waals surface area contributed by atoms with Crippen molar-refractivity contribution in [1.82, 2.24) is 0 Å². The Labute approximate surface area is 154 Å². The summed E-state index contributed by atoms with van der Waals surface area (Å²) in [5, 5.41) is 2.72. The predicted molar refractivity (Wildman–Crippen MR) is 104 cm³/mol. The number of amides is 1. The van der Waals surface area contributed by atoms with Gasteiger partial charge in [-0.1, -0.05) is 45.9 Å². The van der Waals surface area contributed by atoms with Crippen molar-refractivity contribution in [3.8, 4) is 0 Å². The van der Waals surface area contributed by atoms with Gasteiger partial charge >= 0.3 is 0 Å². The molecule has 0 atom stereocenters. The Morgan fingerprint density at radius 3 is 2.19 bits per heavy atom. The molecular formula is C20H24N2O3S. The molecule has 0 bridgehead atoms. The molecule has 0 saturated carbocycles. The second-order valence-electron chi connectivity index (χ2n) is 7.27. The van der Waals surface area contributed by atoms with Crippen molar-refractivity contribution in [3.05, 3.63) is 53.1 Å². The van der Waals surface area contributed by atoms with E-state index in [1.807, 2.05) is 45.9 Å². The van der Waals surface area contributed by atoms with Crippen molar-refractivity contribution < 1.29 is 13.2 Å². The van der Waals surface area contributed by atoms with Crippen LogP contribution in [0.5, 0.6) is 0 Å². The van der Waals surface area contributed by atoms with Crippen LogP contribution in [0.1, 0.15) is 56.2 Å². The molecule has 2 aromatic rings. The number of benzene rings is 2. The van der Waals surface area contributed by atoms with Crippen LogP contribution in [0.4, 0.5) is 11.4 Å². The van der Waals surface area contributed by atoms with Gasteiger partial charge in [0, 0.05) is 5.69 Å². The largest absolute Gasteiger partial charge is 0.326 e. The first-order valence-electron chi connectivity index (χ1n) is 8.77. The van der Waals surface area contributed by atoms with E-state index < -0.39 is 10.0 Å². The number of rotatable bonds is 5. The topological polar surface area (TPSA) is 75.3 Å². The number of hydrogen-bond acceptors (Lipinski definition) is 3. The van der Waals surface area contributed by atoms with Crippen LogP contribution in [0.15, 0.2) is 41.3 Å². The molecule has 2 N–H and O–H groups in total. The molecule has 0 aliphatic carbocycles. The average molecular weight is 372 g/mol. The van der Waals surface area contributed by atoms with Crippen molar-refractivity contribution >= 4 is 27.3 Å². The molecule has 1 amide bonds. The van der Waals surface area contributed by atoms with Crippen LogP contribution in [0.3, 0.4) is 0 Å². The molecule has 26 heavy (non-hydrogen) atoms. The maximum absolute atomic E-state index is 13.0. The van der Waals surface area contributed by atoms with Crippen molar-refractivity contribution in [2.75, 3.05) is 10.0 Å². The average Bonchev–Trinajstić information content (AvgIpc) is 2.93. The van der Waals surface area contributed by atoms with Crippen LogP contribution in [-0.2, 0) is 21.2 Å². The highest BCUT2D eigenvalue weighted by atomic mass is 32.2. The van der Waals surface area contributed by atoms with Crippen molar-refractivity contribution in [2.45, 2.75) is 50.8 Å². The molecule has 1 aliphatic rings.